The van der Waals surface area contributed by atoms with Crippen LogP contribution in [0.4, 0.5) is 5.69 Å². The lowest BCUT2D eigenvalue weighted by atomic mass is 10.1. The van der Waals surface area contributed by atoms with Crippen molar-refractivity contribution in [2.24, 2.45) is 0 Å². The maximum Gasteiger partial charge on any atom is 0.243 e. The summed E-state index contributed by atoms with van der Waals surface area (Å²) in [6.45, 7) is 6.47. The highest BCUT2D eigenvalue weighted by atomic mass is 32.2. The zero-order chi connectivity index (χ0) is 22.6. The summed E-state index contributed by atoms with van der Waals surface area (Å²) in [5.41, 5.74) is 3.46. The second-order valence-corrected chi connectivity index (χ2v) is 10.8. The van der Waals surface area contributed by atoms with Crippen molar-refractivity contribution in [2.45, 2.75) is 43.9 Å². The number of aryl methyl sites for hydroxylation is 2. The summed E-state index contributed by atoms with van der Waals surface area (Å²) in [7, 11) is -3.40. The quantitative estimate of drug-likeness (QED) is 0.669. The van der Waals surface area contributed by atoms with Crippen molar-refractivity contribution in [3.63, 3.8) is 0 Å². The number of piperidine rings is 1. The van der Waals surface area contributed by atoms with Gasteiger partial charge in [0.1, 0.15) is 0 Å². The monoisotopic (exact) mass is 455 g/mol. The number of rotatable bonds is 6. The van der Waals surface area contributed by atoms with E-state index >= 15 is 0 Å². The molecule has 0 spiro atoms. The first-order valence-corrected chi connectivity index (χ1v) is 13.1. The van der Waals surface area contributed by atoms with Crippen molar-refractivity contribution in [3.8, 4) is 0 Å². The lowest BCUT2D eigenvalue weighted by Crippen LogP contribution is -2.48. The second kappa shape index (κ2) is 10.0. The van der Waals surface area contributed by atoms with E-state index in [2.05, 4.69) is 36.1 Å². The van der Waals surface area contributed by atoms with Crippen LogP contribution in [0.1, 0.15) is 36.8 Å². The van der Waals surface area contributed by atoms with Gasteiger partial charge in [0, 0.05) is 51.4 Å². The molecule has 0 bridgehead atoms. The Labute approximate surface area is 191 Å². The van der Waals surface area contributed by atoms with E-state index in [0.717, 1.165) is 51.0 Å². The summed E-state index contributed by atoms with van der Waals surface area (Å²) in [4.78, 5) is 17.3. The second-order valence-electron chi connectivity index (χ2n) is 8.82. The normalized spacial score (nSPS) is 18.0. The average Bonchev–Trinajstić information content (AvgIpc) is 2.83. The van der Waals surface area contributed by atoms with Crippen LogP contribution in [0.5, 0.6) is 0 Å². The minimum absolute atomic E-state index is 0.166. The first kappa shape index (κ1) is 22.8. The molecule has 4 rings (SSSR count). The maximum atomic E-state index is 12.8. The predicted molar refractivity (Wildman–Crippen MR) is 127 cm³/mol. The number of benzene rings is 2. The largest absolute Gasteiger partial charge is 0.368 e. The van der Waals surface area contributed by atoms with E-state index in [1.54, 1.807) is 16.4 Å². The molecule has 2 aliphatic rings. The van der Waals surface area contributed by atoms with Gasteiger partial charge in [-0.1, -0.05) is 30.7 Å². The molecule has 172 valence electrons. The first-order valence-electron chi connectivity index (χ1n) is 11.6. The Morgan fingerprint density at radius 3 is 2.22 bits per heavy atom. The summed E-state index contributed by atoms with van der Waals surface area (Å²) >= 11 is 0. The van der Waals surface area contributed by atoms with Crippen molar-refractivity contribution in [1.82, 2.24) is 9.21 Å². The molecule has 2 aliphatic heterocycles. The number of carbonyl (C=O) groups is 1. The van der Waals surface area contributed by atoms with Crippen molar-refractivity contribution in [2.75, 3.05) is 44.2 Å². The number of anilines is 1. The number of hydrogen-bond acceptors (Lipinski definition) is 4. The van der Waals surface area contributed by atoms with Crippen LogP contribution >= 0.6 is 0 Å². The van der Waals surface area contributed by atoms with Gasteiger partial charge in [-0.05, 0) is 61.6 Å². The van der Waals surface area contributed by atoms with Gasteiger partial charge in [0.15, 0.2) is 0 Å². The Kier molecular flexibility index (Phi) is 7.16. The van der Waals surface area contributed by atoms with Gasteiger partial charge in [-0.15, -0.1) is 0 Å². The van der Waals surface area contributed by atoms with Crippen LogP contribution in [0, 0.1) is 6.92 Å². The molecule has 2 aromatic carbocycles. The van der Waals surface area contributed by atoms with Crippen molar-refractivity contribution in [3.05, 3.63) is 59.7 Å². The zero-order valence-electron chi connectivity index (χ0n) is 18.9. The number of hydrogen-bond donors (Lipinski definition) is 0. The Bertz CT molecular complexity index is 1020. The summed E-state index contributed by atoms with van der Waals surface area (Å²) < 4.78 is 27.1. The summed E-state index contributed by atoms with van der Waals surface area (Å²) in [6, 6.07) is 15.5. The fraction of sp³-hybridized carbons (Fsp3) is 0.480. The van der Waals surface area contributed by atoms with Gasteiger partial charge >= 0.3 is 0 Å². The molecule has 7 heteroatoms. The smallest absolute Gasteiger partial charge is 0.243 e. The van der Waals surface area contributed by atoms with E-state index in [4.69, 9.17) is 0 Å². The molecule has 0 unspecified atom stereocenters. The Hall–Kier alpha value is -2.38. The first-order chi connectivity index (χ1) is 15.4. The topological polar surface area (TPSA) is 60.9 Å². The van der Waals surface area contributed by atoms with Gasteiger partial charge in [-0.2, -0.15) is 4.31 Å². The van der Waals surface area contributed by atoms with Crippen molar-refractivity contribution in [1.29, 1.82) is 0 Å². The van der Waals surface area contributed by atoms with E-state index in [9.17, 15) is 13.2 Å². The molecular weight excluding hydrogens is 422 g/mol. The van der Waals surface area contributed by atoms with Crippen LogP contribution in [-0.2, 0) is 21.2 Å². The van der Waals surface area contributed by atoms with E-state index in [1.165, 1.54) is 11.3 Å². The third-order valence-corrected chi connectivity index (χ3v) is 8.42. The molecule has 0 saturated carbocycles. The van der Waals surface area contributed by atoms with Gasteiger partial charge in [0.25, 0.3) is 0 Å². The van der Waals surface area contributed by atoms with Crippen molar-refractivity contribution < 1.29 is 13.2 Å². The number of amides is 1. The molecule has 2 heterocycles. The van der Waals surface area contributed by atoms with Gasteiger partial charge in [0.2, 0.25) is 15.9 Å². The summed E-state index contributed by atoms with van der Waals surface area (Å²) in [5.74, 6) is 0.166. The molecule has 6 nitrogen and oxygen atoms in total. The van der Waals surface area contributed by atoms with E-state index < -0.39 is 10.0 Å². The molecular formula is C25H33N3O3S. The number of carbonyl (C=O) groups excluding carboxylic acids is 1. The maximum absolute atomic E-state index is 12.8. The minimum Gasteiger partial charge on any atom is -0.368 e. The van der Waals surface area contributed by atoms with Crippen LogP contribution in [0.15, 0.2) is 53.4 Å². The molecule has 32 heavy (non-hydrogen) atoms. The predicted octanol–water partition coefficient (Wildman–Crippen LogP) is 3.45. The van der Waals surface area contributed by atoms with Crippen LogP contribution in [0.3, 0.4) is 0 Å². The van der Waals surface area contributed by atoms with Crippen LogP contribution in [0.25, 0.3) is 0 Å². The molecule has 0 aliphatic carbocycles. The fourth-order valence-corrected chi connectivity index (χ4v) is 6.05. The lowest BCUT2D eigenvalue weighted by molar-refractivity contribution is -0.131. The van der Waals surface area contributed by atoms with Crippen LogP contribution < -0.4 is 4.90 Å². The Morgan fingerprint density at radius 1 is 0.875 bits per heavy atom. The van der Waals surface area contributed by atoms with Crippen molar-refractivity contribution >= 4 is 21.6 Å². The number of piperazine rings is 1. The van der Waals surface area contributed by atoms with E-state index in [1.807, 2.05) is 17.0 Å². The highest BCUT2D eigenvalue weighted by Crippen LogP contribution is 2.22. The number of sulfonamides is 1. The minimum atomic E-state index is -3.40. The Morgan fingerprint density at radius 2 is 1.56 bits per heavy atom. The van der Waals surface area contributed by atoms with Gasteiger partial charge in [-0.25, -0.2) is 8.42 Å². The Balaban J connectivity index is 1.27. The highest BCUT2D eigenvalue weighted by molar-refractivity contribution is 7.89. The SMILES string of the molecule is Cc1cccc(N2CCN(C(=O)CCc3ccc(S(=O)(=O)N4CCCCC4)cc3)CC2)c1. The third kappa shape index (κ3) is 5.33. The van der Waals surface area contributed by atoms with E-state index in [-0.39, 0.29) is 5.91 Å². The summed E-state index contributed by atoms with van der Waals surface area (Å²) in [6.07, 6.45) is 4.03. The van der Waals surface area contributed by atoms with Gasteiger partial charge in [0.05, 0.1) is 4.90 Å². The molecule has 0 atom stereocenters. The molecule has 1 amide bonds. The summed E-state index contributed by atoms with van der Waals surface area (Å²) in [5, 5.41) is 0. The highest BCUT2D eigenvalue weighted by Gasteiger charge is 2.26. The molecule has 2 fully saturated rings. The molecule has 0 radical (unpaired) electrons. The van der Waals surface area contributed by atoms with Crippen LogP contribution in [0.2, 0.25) is 0 Å². The molecule has 2 aromatic rings. The standard InChI is InChI=1S/C25H33N3O3S/c1-21-6-5-7-23(20-21)26-16-18-27(19-17-26)25(29)13-10-22-8-11-24(12-9-22)32(30,31)28-14-3-2-4-15-28/h5-9,11-12,20H,2-4,10,13-19H2,1H3. The third-order valence-electron chi connectivity index (χ3n) is 6.50. The van der Waals surface area contributed by atoms with Gasteiger partial charge in [-0.3, -0.25) is 4.79 Å². The van der Waals surface area contributed by atoms with E-state index in [0.29, 0.717) is 30.8 Å². The van der Waals surface area contributed by atoms with Gasteiger partial charge < -0.3 is 9.80 Å². The fourth-order valence-electron chi connectivity index (χ4n) is 4.53. The van der Waals surface area contributed by atoms with Crippen LogP contribution in [-0.4, -0.2) is 62.8 Å². The molecule has 0 aromatic heterocycles. The zero-order valence-corrected chi connectivity index (χ0v) is 19.7. The molecule has 0 N–H and O–H groups in total. The molecule has 2 saturated heterocycles. The lowest BCUT2D eigenvalue weighted by Gasteiger charge is -2.36. The average molecular weight is 456 g/mol. The number of nitrogens with zero attached hydrogens (tertiary/aromatic N) is 3.